The number of β-amino-alcohol motifs (C(OH)–C–C–N with tert-alkyl or cyclic N) is 1. The van der Waals surface area contributed by atoms with Gasteiger partial charge in [-0.2, -0.15) is 0 Å². The molecular formula is C16H23FN2O2. The smallest absolute Gasteiger partial charge is 0.222 e. The SMILES string of the molecule is CC(c1ccc(F)cc1)N(C)CC(O)CN1CCCC1=O. The molecule has 1 fully saturated rings. The summed E-state index contributed by atoms with van der Waals surface area (Å²) in [5.41, 5.74) is 1.00. The zero-order valence-corrected chi connectivity index (χ0v) is 12.6. The Morgan fingerprint density at radius 1 is 1.38 bits per heavy atom. The Kier molecular flexibility index (Phi) is 5.31. The van der Waals surface area contributed by atoms with Crippen LogP contribution < -0.4 is 0 Å². The molecule has 0 bridgehead atoms. The first-order valence-corrected chi connectivity index (χ1v) is 7.39. The lowest BCUT2D eigenvalue weighted by Crippen LogP contribution is -2.40. The van der Waals surface area contributed by atoms with E-state index in [0.29, 0.717) is 19.5 Å². The molecule has 5 heteroatoms. The Morgan fingerprint density at radius 3 is 2.62 bits per heavy atom. The van der Waals surface area contributed by atoms with E-state index in [2.05, 4.69) is 0 Å². The highest BCUT2D eigenvalue weighted by Crippen LogP contribution is 2.19. The average molecular weight is 294 g/mol. The van der Waals surface area contributed by atoms with Gasteiger partial charge in [-0.05, 0) is 38.1 Å². The molecule has 4 nitrogen and oxygen atoms in total. The minimum atomic E-state index is -0.569. The molecule has 0 radical (unpaired) electrons. The monoisotopic (exact) mass is 294 g/mol. The van der Waals surface area contributed by atoms with Gasteiger partial charge in [0.15, 0.2) is 0 Å². The van der Waals surface area contributed by atoms with Crippen molar-refractivity contribution >= 4 is 5.91 Å². The molecule has 1 aromatic rings. The van der Waals surface area contributed by atoms with E-state index in [4.69, 9.17) is 0 Å². The van der Waals surface area contributed by atoms with Gasteiger partial charge in [0.05, 0.1) is 6.10 Å². The summed E-state index contributed by atoms with van der Waals surface area (Å²) >= 11 is 0. The average Bonchev–Trinajstić information content (AvgIpc) is 2.84. The Labute approximate surface area is 125 Å². The second-order valence-corrected chi connectivity index (χ2v) is 5.76. The first kappa shape index (κ1) is 15.9. The summed E-state index contributed by atoms with van der Waals surface area (Å²) in [5, 5.41) is 10.1. The molecule has 2 unspecified atom stereocenters. The maximum absolute atomic E-state index is 12.9. The molecule has 116 valence electrons. The van der Waals surface area contributed by atoms with Crippen molar-refractivity contribution in [2.75, 3.05) is 26.7 Å². The zero-order chi connectivity index (χ0) is 15.4. The highest BCUT2D eigenvalue weighted by atomic mass is 19.1. The molecular weight excluding hydrogens is 271 g/mol. The minimum absolute atomic E-state index is 0.0783. The quantitative estimate of drug-likeness (QED) is 0.870. The predicted molar refractivity (Wildman–Crippen MR) is 79.3 cm³/mol. The largest absolute Gasteiger partial charge is 0.390 e. The Bertz CT molecular complexity index is 478. The summed E-state index contributed by atoms with van der Waals surface area (Å²) in [4.78, 5) is 15.3. The van der Waals surface area contributed by atoms with Gasteiger partial charge < -0.3 is 10.0 Å². The fourth-order valence-electron chi connectivity index (χ4n) is 2.70. The molecule has 0 saturated carbocycles. The summed E-state index contributed by atoms with van der Waals surface area (Å²) in [6.07, 6.45) is 0.905. The van der Waals surface area contributed by atoms with Gasteiger partial charge in [0, 0.05) is 32.1 Å². The zero-order valence-electron chi connectivity index (χ0n) is 12.6. The molecule has 21 heavy (non-hydrogen) atoms. The third-order valence-electron chi connectivity index (χ3n) is 4.11. The lowest BCUT2D eigenvalue weighted by atomic mass is 10.1. The highest BCUT2D eigenvalue weighted by molar-refractivity contribution is 5.78. The van der Waals surface area contributed by atoms with Crippen molar-refractivity contribution in [3.8, 4) is 0 Å². The minimum Gasteiger partial charge on any atom is -0.390 e. The van der Waals surface area contributed by atoms with E-state index >= 15 is 0 Å². The van der Waals surface area contributed by atoms with E-state index in [0.717, 1.165) is 18.5 Å². The molecule has 1 aliphatic rings. The summed E-state index contributed by atoms with van der Waals surface area (Å²) in [6.45, 7) is 3.62. The maximum Gasteiger partial charge on any atom is 0.222 e. The van der Waals surface area contributed by atoms with Crippen LogP contribution in [0.5, 0.6) is 0 Å². The molecule has 1 aromatic carbocycles. The first-order chi connectivity index (χ1) is 9.97. The lowest BCUT2D eigenvalue weighted by molar-refractivity contribution is -0.129. The number of aliphatic hydroxyl groups excluding tert-OH is 1. The number of nitrogens with zero attached hydrogens (tertiary/aromatic N) is 2. The van der Waals surface area contributed by atoms with E-state index in [1.165, 1.54) is 12.1 Å². The van der Waals surface area contributed by atoms with Gasteiger partial charge in [-0.15, -0.1) is 0 Å². The van der Waals surface area contributed by atoms with Crippen LogP contribution in [0.25, 0.3) is 0 Å². The van der Waals surface area contributed by atoms with E-state index < -0.39 is 6.10 Å². The summed E-state index contributed by atoms with van der Waals surface area (Å²) in [6, 6.07) is 6.48. The van der Waals surface area contributed by atoms with Crippen LogP contribution in [0.3, 0.4) is 0 Å². The Hall–Kier alpha value is -1.46. The molecule has 0 aliphatic carbocycles. The van der Waals surface area contributed by atoms with E-state index in [1.54, 1.807) is 17.0 Å². The van der Waals surface area contributed by atoms with Crippen LogP contribution in [0.2, 0.25) is 0 Å². The van der Waals surface area contributed by atoms with Crippen molar-refractivity contribution in [2.45, 2.75) is 31.9 Å². The number of carbonyl (C=O) groups excluding carboxylic acids is 1. The molecule has 2 atom stereocenters. The van der Waals surface area contributed by atoms with Gasteiger partial charge in [-0.25, -0.2) is 4.39 Å². The summed E-state index contributed by atoms with van der Waals surface area (Å²) in [7, 11) is 1.92. The first-order valence-electron chi connectivity index (χ1n) is 7.39. The molecule has 1 aliphatic heterocycles. The third-order valence-corrected chi connectivity index (χ3v) is 4.11. The number of hydrogen-bond donors (Lipinski definition) is 1. The molecule has 0 aromatic heterocycles. The van der Waals surface area contributed by atoms with Crippen molar-refractivity contribution in [3.05, 3.63) is 35.6 Å². The van der Waals surface area contributed by atoms with Crippen LogP contribution in [-0.4, -0.2) is 53.6 Å². The second-order valence-electron chi connectivity index (χ2n) is 5.76. The standard InChI is InChI=1S/C16H23FN2O2/c1-12(13-5-7-14(17)8-6-13)18(2)10-15(20)11-19-9-3-4-16(19)21/h5-8,12,15,20H,3-4,9-11H2,1-2H3. The fourth-order valence-corrected chi connectivity index (χ4v) is 2.70. The predicted octanol–water partition coefficient (Wildman–Crippen LogP) is 1.80. The van der Waals surface area contributed by atoms with Crippen LogP contribution >= 0.6 is 0 Å². The number of carbonyl (C=O) groups is 1. The third kappa shape index (κ3) is 4.25. The maximum atomic E-state index is 12.9. The molecule has 0 spiro atoms. The topological polar surface area (TPSA) is 43.8 Å². The van der Waals surface area contributed by atoms with Gasteiger partial charge in [-0.1, -0.05) is 12.1 Å². The molecule has 2 rings (SSSR count). The van der Waals surface area contributed by atoms with Crippen molar-refractivity contribution < 1.29 is 14.3 Å². The van der Waals surface area contributed by atoms with Crippen LogP contribution in [0.4, 0.5) is 4.39 Å². The highest BCUT2D eigenvalue weighted by Gasteiger charge is 2.24. The molecule has 1 amide bonds. The van der Waals surface area contributed by atoms with Gasteiger partial charge in [0.2, 0.25) is 5.91 Å². The number of rotatable bonds is 6. The van der Waals surface area contributed by atoms with Crippen molar-refractivity contribution in [2.24, 2.45) is 0 Å². The van der Waals surface area contributed by atoms with Gasteiger partial charge in [0.1, 0.15) is 5.82 Å². The number of aliphatic hydroxyl groups is 1. The normalized spacial score (nSPS) is 18.3. The van der Waals surface area contributed by atoms with Gasteiger partial charge >= 0.3 is 0 Å². The van der Waals surface area contributed by atoms with E-state index in [1.807, 2.05) is 18.9 Å². The van der Waals surface area contributed by atoms with Gasteiger partial charge in [0.25, 0.3) is 0 Å². The van der Waals surface area contributed by atoms with Crippen LogP contribution in [-0.2, 0) is 4.79 Å². The number of halogens is 1. The van der Waals surface area contributed by atoms with Crippen molar-refractivity contribution in [1.82, 2.24) is 9.80 Å². The van der Waals surface area contributed by atoms with Crippen molar-refractivity contribution in [1.29, 1.82) is 0 Å². The Morgan fingerprint density at radius 2 is 2.05 bits per heavy atom. The number of amides is 1. The van der Waals surface area contributed by atoms with Crippen LogP contribution in [0, 0.1) is 5.82 Å². The van der Waals surface area contributed by atoms with E-state index in [-0.39, 0.29) is 17.8 Å². The van der Waals surface area contributed by atoms with Crippen molar-refractivity contribution in [3.63, 3.8) is 0 Å². The number of hydrogen-bond acceptors (Lipinski definition) is 3. The fraction of sp³-hybridized carbons (Fsp3) is 0.562. The van der Waals surface area contributed by atoms with Crippen LogP contribution in [0.1, 0.15) is 31.4 Å². The number of likely N-dealkylation sites (N-methyl/N-ethyl adjacent to an activating group) is 1. The second kappa shape index (κ2) is 7.00. The lowest BCUT2D eigenvalue weighted by Gasteiger charge is -2.29. The summed E-state index contributed by atoms with van der Waals surface area (Å²) < 4.78 is 12.9. The molecule has 1 heterocycles. The van der Waals surface area contributed by atoms with E-state index in [9.17, 15) is 14.3 Å². The number of likely N-dealkylation sites (tertiary alicyclic amines) is 1. The summed E-state index contributed by atoms with van der Waals surface area (Å²) in [5.74, 6) is -0.121. The van der Waals surface area contributed by atoms with Crippen LogP contribution in [0.15, 0.2) is 24.3 Å². The molecule has 1 saturated heterocycles. The molecule has 1 N–H and O–H groups in total. The number of benzene rings is 1. The Balaban J connectivity index is 1.86. The van der Waals surface area contributed by atoms with Gasteiger partial charge in [-0.3, -0.25) is 9.69 Å².